The molecule has 0 aliphatic carbocycles. The highest BCUT2D eigenvalue weighted by Crippen LogP contribution is 2.30. The second kappa shape index (κ2) is 4.48. The van der Waals surface area contributed by atoms with Crippen molar-refractivity contribution in [1.82, 2.24) is 0 Å². The Labute approximate surface area is 93.3 Å². The van der Waals surface area contributed by atoms with E-state index >= 15 is 0 Å². The zero-order valence-electron chi connectivity index (χ0n) is 10.4. The van der Waals surface area contributed by atoms with E-state index in [0.29, 0.717) is 0 Å². The molecule has 0 aromatic heterocycles. The highest BCUT2D eigenvalue weighted by molar-refractivity contribution is 5.80. The molecule has 0 atom stereocenters. The van der Waals surface area contributed by atoms with Gasteiger partial charge in [-0.05, 0) is 62.4 Å². The molecule has 15 heavy (non-hydrogen) atoms. The Morgan fingerprint density at radius 3 is 1.93 bits per heavy atom. The lowest BCUT2D eigenvalue weighted by molar-refractivity contribution is 1.31. The minimum atomic E-state index is 1.15. The fraction of sp³-hybridized carbons (Fsp3) is 0.333. The molecule has 80 valence electrons. The summed E-state index contributed by atoms with van der Waals surface area (Å²) < 4.78 is 0. The average molecular weight is 200 g/mol. The van der Waals surface area contributed by atoms with E-state index < -0.39 is 0 Å². The van der Waals surface area contributed by atoms with E-state index in [0.717, 1.165) is 5.57 Å². The van der Waals surface area contributed by atoms with Crippen molar-refractivity contribution in [1.29, 1.82) is 0 Å². The topological polar surface area (TPSA) is 0 Å². The molecule has 0 aliphatic rings. The van der Waals surface area contributed by atoms with Crippen LogP contribution in [0.1, 0.15) is 43.0 Å². The summed E-state index contributed by atoms with van der Waals surface area (Å²) >= 11 is 0. The SMILES string of the molecule is C=C(C)c1c(C)ccc(C)c1/C(C)=C\C. The van der Waals surface area contributed by atoms with Crippen LogP contribution < -0.4 is 0 Å². The summed E-state index contributed by atoms with van der Waals surface area (Å²) in [5.74, 6) is 0. The van der Waals surface area contributed by atoms with Crippen molar-refractivity contribution < 1.29 is 0 Å². The van der Waals surface area contributed by atoms with E-state index in [1.165, 1.54) is 27.8 Å². The van der Waals surface area contributed by atoms with Crippen molar-refractivity contribution >= 4 is 11.1 Å². The number of hydrogen-bond donors (Lipinski definition) is 0. The Bertz CT molecular complexity index is 420. The monoisotopic (exact) mass is 200 g/mol. The highest BCUT2D eigenvalue weighted by atomic mass is 14.1. The number of rotatable bonds is 2. The van der Waals surface area contributed by atoms with E-state index in [9.17, 15) is 0 Å². The van der Waals surface area contributed by atoms with Crippen LogP contribution in [0.25, 0.3) is 11.1 Å². The molecule has 1 aromatic carbocycles. The van der Waals surface area contributed by atoms with Crippen molar-refractivity contribution in [3.63, 3.8) is 0 Å². The van der Waals surface area contributed by atoms with Gasteiger partial charge < -0.3 is 0 Å². The third-order valence-electron chi connectivity index (χ3n) is 2.88. The molecule has 0 spiro atoms. The van der Waals surface area contributed by atoms with Crippen LogP contribution in [0.3, 0.4) is 0 Å². The predicted octanol–water partition coefficient (Wildman–Crippen LogP) is 4.76. The van der Waals surface area contributed by atoms with Crippen molar-refractivity contribution in [3.8, 4) is 0 Å². The van der Waals surface area contributed by atoms with Gasteiger partial charge in [0.05, 0.1) is 0 Å². The first-order valence-electron chi connectivity index (χ1n) is 5.38. The molecular weight excluding hydrogens is 180 g/mol. The van der Waals surface area contributed by atoms with E-state index in [2.05, 4.69) is 59.4 Å². The van der Waals surface area contributed by atoms with Gasteiger partial charge in [0.2, 0.25) is 0 Å². The van der Waals surface area contributed by atoms with Crippen LogP contribution in [-0.4, -0.2) is 0 Å². The molecule has 0 amide bonds. The molecule has 1 aromatic rings. The third kappa shape index (κ3) is 2.20. The summed E-state index contributed by atoms with van der Waals surface area (Å²) in [5, 5.41) is 0. The van der Waals surface area contributed by atoms with Gasteiger partial charge in [-0.25, -0.2) is 0 Å². The van der Waals surface area contributed by atoms with E-state index in [1.807, 2.05) is 0 Å². The zero-order valence-corrected chi connectivity index (χ0v) is 10.4. The van der Waals surface area contributed by atoms with Gasteiger partial charge in [-0.3, -0.25) is 0 Å². The quantitative estimate of drug-likeness (QED) is 0.645. The lowest BCUT2D eigenvalue weighted by Gasteiger charge is -2.16. The molecule has 0 heterocycles. The molecule has 0 saturated carbocycles. The van der Waals surface area contributed by atoms with Crippen molar-refractivity contribution in [2.75, 3.05) is 0 Å². The molecular formula is C15H20. The summed E-state index contributed by atoms with van der Waals surface area (Å²) in [5.41, 5.74) is 7.77. The maximum absolute atomic E-state index is 4.08. The lowest BCUT2D eigenvalue weighted by atomic mass is 9.89. The maximum atomic E-state index is 4.08. The summed E-state index contributed by atoms with van der Waals surface area (Å²) in [6.45, 7) is 14.7. The second-order valence-electron chi connectivity index (χ2n) is 4.20. The fourth-order valence-corrected chi connectivity index (χ4v) is 2.01. The molecule has 0 N–H and O–H groups in total. The van der Waals surface area contributed by atoms with Gasteiger partial charge in [0.1, 0.15) is 0 Å². The van der Waals surface area contributed by atoms with Crippen LogP contribution in [0.4, 0.5) is 0 Å². The molecule has 1 rings (SSSR count). The number of hydrogen-bond acceptors (Lipinski definition) is 0. The largest absolute Gasteiger partial charge is 0.0955 e. The van der Waals surface area contributed by atoms with Crippen molar-refractivity contribution in [3.05, 3.63) is 47.0 Å². The normalized spacial score (nSPS) is 11.7. The Hall–Kier alpha value is -1.30. The molecule has 0 heteroatoms. The summed E-state index contributed by atoms with van der Waals surface area (Å²) in [4.78, 5) is 0. The van der Waals surface area contributed by atoms with Gasteiger partial charge in [-0.2, -0.15) is 0 Å². The Balaban J connectivity index is 3.59. The van der Waals surface area contributed by atoms with E-state index in [-0.39, 0.29) is 0 Å². The first-order valence-corrected chi connectivity index (χ1v) is 5.38. The summed E-state index contributed by atoms with van der Waals surface area (Å²) in [6, 6.07) is 4.36. The van der Waals surface area contributed by atoms with Crippen LogP contribution in [0.15, 0.2) is 24.8 Å². The van der Waals surface area contributed by atoms with Gasteiger partial charge in [0.15, 0.2) is 0 Å². The number of aryl methyl sites for hydroxylation is 2. The van der Waals surface area contributed by atoms with Crippen molar-refractivity contribution in [2.45, 2.75) is 34.6 Å². The summed E-state index contributed by atoms with van der Waals surface area (Å²) in [7, 11) is 0. The Kier molecular flexibility index (Phi) is 3.52. The van der Waals surface area contributed by atoms with Crippen molar-refractivity contribution in [2.24, 2.45) is 0 Å². The fourth-order valence-electron chi connectivity index (χ4n) is 2.01. The third-order valence-corrected chi connectivity index (χ3v) is 2.88. The minimum Gasteiger partial charge on any atom is -0.0955 e. The van der Waals surface area contributed by atoms with E-state index in [4.69, 9.17) is 0 Å². The molecule has 0 unspecified atom stereocenters. The smallest absolute Gasteiger partial charge is 0.0124 e. The van der Waals surface area contributed by atoms with Crippen LogP contribution in [0, 0.1) is 13.8 Å². The van der Waals surface area contributed by atoms with Gasteiger partial charge in [0, 0.05) is 0 Å². The summed E-state index contributed by atoms with van der Waals surface area (Å²) in [6.07, 6.45) is 2.16. The molecule has 0 bridgehead atoms. The van der Waals surface area contributed by atoms with Gasteiger partial charge in [0.25, 0.3) is 0 Å². The van der Waals surface area contributed by atoms with Crippen LogP contribution in [0.5, 0.6) is 0 Å². The molecule has 0 aliphatic heterocycles. The number of allylic oxidation sites excluding steroid dienone is 3. The zero-order chi connectivity index (χ0) is 11.6. The maximum Gasteiger partial charge on any atom is -0.0124 e. The standard InChI is InChI=1S/C15H20/c1-7-11(4)15-13(6)9-8-12(5)14(15)10(2)3/h7-9H,2H2,1,3-6H3/b11-7-. The Morgan fingerprint density at radius 1 is 1.07 bits per heavy atom. The first-order chi connectivity index (χ1) is 6.99. The van der Waals surface area contributed by atoms with Gasteiger partial charge >= 0.3 is 0 Å². The minimum absolute atomic E-state index is 1.15. The number of benzene rings is 1. The second-order valence-corrected chi connectivity index (χ2v) is 4.20. The van der Waals surface area contributed by atoms with Crippen LogP contribution >= 0.6 is 0 Å². The van der Waals surface area contributed by atoms with Gasteiger partial charge in [-0.15, -0.1) is 0 Å². The molecule has 0 fully saturated rings. The Morgan fingerprint density at radius 2 is 1.53 bits per heavy atom. The van der Waals surface area contributed by atoms with E-state index in [1.54, 1.807) is 0 Å². The molecule has 0 radical (unpaired) electrons. The lowest BCUT2D eigenvalue weighted by Crippen LogP contribution is -1.96. The predicted molar refractivity (Wildman–Crippen MR) is 69.9 cm³/mol. The van der Waals surface area contributed by atoms with Crippen LogP contribution in [-0.2, 0) is 0 Å². The highest BCUT2D eigenvalue weighted by Gasteiger charge is 2.10. The van der Waals surface area contributed by atoms with Crippen LogP contribution in [0.2, 0.25) is 0 Å². The first kappa shape index (κ1) is 11.8. The average Bonchev–Trinajstić information content (AvgIpc) is 2.19. The van der Waals surface area contributed by atoms with Gasteiger partial charge in [-0.1, -0.05) is 30.4 Å². The molecule has 0 nitrogen and oxygen atoms in total. The molecule has 0 saturated heterocycles.